The Morgan fingerprint density at radius 1 is 1.43 bits per heavy atom. The monoisotopic (exact) mass is 358 g/mol. The number of rotatable bonds is 8. The average Bonchev–Trinajstić information content (AvgIpc) is 2.43. The first-order valence-electron chi connectivity index (χ1n) is 6.87. The first-order valence-corrected chi connectivity index (χ1v) is 7.67. The van der Waals surface area contributed by atoms with Crippen LogP contribution in [0.15, 0.2) is 22.7 Å². The maximum absolute atomic E-state index is 12.2. The molecule has 1 rings (SSSR count). The maximum Gasteiger partial charge on any atom is 0.327 e. The summed E-state index contributed by atoms with van der Waals surface area (Å²) in [7, 11) is 5.57. The molecule has 1 N–H and O–H groups in total. The molecular weight excluding hydrogens is 336 g/mol. The van der Waals surface area contributed by atoms with Gasteiger partial charge in [0.2, 0.25) is 0 Å². The van der Waals surface area contributed by atoms with Gasteiger partial charge in [-0.15, -0.1) is 0 Å². The standard InChI is InChI=1S/C15H23BrN2O3/c1-5-21-15(19)14(17-8-9-18(2)3)12-10-11(16)6-7-13(12)20-4/h6-7,10,14,17H,5,8-9H2,1-4H3. The Labute approximate surface area is 134 Å². The second kappa shape index (κ2) is 9.02. The predicted octanol–water partition coefficient (Wildman–Crippen LogP) is 2.21. The van der Waals surface area contributed by atoms with Crippen LogP contribution in [0.25, 0.3) is 0 Å². The maximum atomic E-state index is 12.2. The molecule has 0 aliphatic rings. The highest BCUT2D eigenvalue weighted by Crippen LogP contribution is 2.29. The zero-order valence-corrected chi connectivity index (χ0v) is 14.6. The zero-order valence-electron chi connectivity index (χ0n) is 13.0. The molecule has 0 fully saturated rings. The van der Waals surface area contributed by atoms with Crippen LogP contribution in [-0.4, -0.2) is 51.8 Å². The number of halogens is 1. The zero-order chi connectivity index (χ0) is 15.8. The Hall–Kier alpha value is -1.11. The number of nitrogens with one attached hydrogen (secondary N) is 1. The van der Waals surface area contributed by atoms with Crippen LogP contribution in [0.3, 0.4) is 0 Å². The molecule has 6 heteroatoms. The number of esters is 1. The van der Waals surface area contributed by atoms with Crippen LogP contribution in [0.1, 0.15) is 18.5 Å². The number of hydrogen-bond acceptors (Lipinski definition) is 5. The summed E-state index contributed by atoms with van der Waals surface area (Å²) in [5, 5.41) is 3.24. The number of hydrogen-bond donors (Lipinski definition) is 1. The van der Waals surface area contributed by atoms with Gasteiger partial charge in [0.25, 0.3) is 0 Å². The fourth-order valence-electron chi connectivity index (χ4n) is 1.91. The van der Waals surface area contributed by atoms with Crippen molar-refractivity contribution in [1.82, 2.24) is 10.2 Å². The third kappa shape index (κ3) is 5.65. The average molecular weight is 359 g/mol. The highest BCUT2D eigenvalue weighted by molar-refractivity contribution is 9.10. The van der Waals surface area contributed by atoms with E-state index in [4.69, 9.17) is 9.47 Å². The van der Waals surface area contributed by atoms with Crippen molar-refractivity contribution >= 4 is 21.9 Å². The fourth-order valence-corrected chi connectivity index (χ4v) is 2.29. The van der Waals surface area contributed by atoms with Crippen LogP contribution in [0.5, 0.6) is 5.75 Å². The Morgan fingerprint density at radius 3 is 2.71 bits per heavy atom. The van der Waals surface area contributed by atoms with E-state index < -0.39 is 6.04 Å². The van der Waals surface area contributed by atoms with Gasteiger partial charge >= 0.3 is 5.97 Å². The van der Waals surface area contributed by atoms with Crippen molar-refractivity contribution in [2.75, 3.05) is 40.9 Å². The third-order valence-corrected chi connectivity index (χ3v) is 3.43. The van der Waals surface area contributed by atoms with Gasteiger partial charge in [0.05, 0.1) is 13.7 Å². The van der Waals surface area contributed by atoms with Crippen molar-refractivity contribution in [3.8, 4) is 5.75 Å². The van der Waals surface area contributed by atoms with Gasteiger partial charge in [0.15, 0.2) is 0 Å². The Balaban J connectivity index is 2.99. The van der Waals surface area contributed by atoms with Crippen LogP contribution in [0.2, 0.25) is 0 Å². The van der Waals surface area contributed by atoms with E-state index in [2.05, 4.69) is 21.2 Å². The molecule has 1 aromatic carbocycles. The van der Waals surface area contributed by atoms with Crippen molar-refractivity contribution in [3.63, 3.8) is 0 Å². The summed E-state index contributed by atoms with van der Waals surface area (Å²) in [6.07, 6.45) is 0. The summed E-state index contributed by atoms with van der Waals surface area (Å²) in [5.74, 6) is 0.362. The highest BCUT2D eigenvalue weighted by atomic mass is 79.9. The molecule has 118 valence electrons. The molecule has 0 saturated heterocycles. The minimum Gasteiger partial charge on any atom is -0.496 e. The van der Waals surface area contributed by atoms with Gasteiger partial charge in [0, 0.05) is 23.1 Å². The van der Waals surface area contributed by atoms with Gasteiger partial charge in [-0.25, -0.2) is 4.79 Å². The lowest BCUT2D eigenvalue weighted by molar-refractivity contribution is -0.145. The van der Waals surface area contributed by atoms with Gasteiger partial charge in [0.1, 0.15) is 11.8 Å². The predicted molar refractivity (Wildman–Crippen MR) is 86.6 cm³/mol. The van der Waals surface area contributed by atoms with E-state index in [-0.39, 0.29) is 5.97 Å². The van der Waals surface area contributed by atoms with Crippen molar-refractivity contribution in [2.24, 2.45) is 0 Å². The molecule has 0 aromatic heterocycles. The van der Waals surface area contributed by atoms with E-state index in [0.717, 1.165) is 16.6 Å². The molecule has 0 radical (unpaired) electrons. The molecular formula is C15H23BrN2O3. The largest absolute Gasteiger partial charge is 0.496 e. The Morgan fingerprint density at radius 2 is 2.14 bits per heavy atom. The molecule has 1 unspecified atom stereocenters. The van der Waals surface area contributed by atoms with Crippen molar-refractivity contribution in [1.29, 1.82) is 0 Å². The van der Waals surface area contributed by atoms with E-state index in [1.54, 1.807) is 14.0 Å². The van der Waals surface area contributed by atoms with Crippen LogP contribution < -0.4 is 10.1 Å². The lowest BCUT2D eigenvalue weighted by Gasteiger charge is -2.21. The fraction of sp³-hybridized carbons (Fsp3) is 0.533. The van der Waals surface area contributed by atoms with Gasteiger partial charge in [-0.2, -0.15) is 0 Å². The first-order chi connectivity index (χ1) is 9.99. The molecule has 1 aromatic rings. The summed E-state index contributed by atoms with van der Waals surface area (Å²) in [4.78, 5) is 14.3. The van der Waals surface area contributed by atoms with E-state index in [0.29, 0.717) is 18.9 Å². The lowest BCUT2D eigenvalue weighted by atomic mass is 10.1. The van der Waals surface area contributed by atoms with Crippen molar-refractivity contribution < 1.29 is 14.3 Å². The number of benzene rings is 1. The van der Waals surface area contributed by atoms with Crippen molar-refractivity contribution in [3.05, 3.63) is 28.2 Å². The molecule has 1 atom stereocenters. The molecule has 0 aliphatic carbocycles. The third-order valence-electron chi connectivity index (χ3n) is 2.93. The van der Waals surface area contributed by atoms with Gasteiger partial charge < -0.3 is 14.4 Å². The summed E-state index contributed by atoms with van der Waals surface area (Å²) in [6, 6.07) is 5.05. The number of carbonyl (C=O) groups is 1. The Kier molecular flexibility index (Phi) is 7.71. The molecule has 0 heterocycles. The van der Waals surface area contributed by atoms with Crippen molar-refractivity contribution in [2.45, 2.75) is 13.0 Å². The number of nitrogens with zero attached hydrogens (tertiary/aromatic N) is 1. The molecule has 0 aliphatic heterocycles. The van der Waals surface area contributed by atoms with E-state index in [9.17, 15) is 4.79 Å². The van der Waals surface area contributed by atoms with Crippen LogP contribution >= 0.6 is 15.9 Å². The molecule has 0 spiro atoms. The van der Waals surface area contributed by atoms with Crippen LogP contribution in [-0.2, 0) is 9.53 Å². The smallest absolute Gasteiger partial charge is 0.327 e. The van der Waals surface area contributed by atoms with E-state index in [1.165, 1.54) is 0 Å². The minimum atomic E-state index is -0.544. The summed E-state index contributed by atoms with van der Waals surface area (Å²) < 4.78 is 11.4. The topological polar surface area (TPSA) is 50.8 Å². The van der Waals surface area contributed by atoms with Gasteiger partial charge in [-0.3, -0.25) is 5.32 Å². The van der Waals surface area contributed by atoms with Gasteiger partial charge in [-0.1, -0.05) is 15.9 Å². The SMILES string of the molecule is CCOC(=O)C(NCCN(C)C)c1cc(Br)ccc1OC. The molecule has 0 bridgehead atoms. The molecule has 0 amide bonds. The van der Waals surface area contributed by atoms with Crippen LogP contribution in [0, 0.1) is 0 Å². The van der Waals surface area contributed by atoms with E-state index in [1.807, 2.05) is 37.2 Å². The second-order valence-corrected chi connectivity index (χ2v) is 5.74. The quantitative estimate of drug-likeness (QED) is 0.722. The molecule has 5 nitrogen and oxygen atoms in total. The van der Waals surface area contributed by atoms with Crippen LogP contribution in [0.4, 0.5) is 0 Å². The molecule has 0 saturated carbocycles. The second-order valence-electron chi connectivity index (χ2n) is 4.83. The normalized spacial score (nSPS) is 12.3. The summed E-state index contributed by atoms with van der Waals surface area (Å²) >= 11 is 3.43. The molecule has 21 heavy (non-hydrogen) atoms. The number of likely N-dealkylation sites (N-methyl/N-ethyl adjacent to an activating group) is 1. The lowest BCUT2D eigenvalue weighted by Crippen LogP contribution is -2.35. The first kappa shape index (κ1) is 17.9. The number of methoxy groups -OCH3 is 1. The number of ether oxygens (including phenoxy) is 2. The minimum absolute atomic E-state index is 0.298. The highest BCUT2D eigenvalue weighted by Gasteiger charge is 2.25. The van der Waals surface area contributed by atoms with Gasteiger partial charge in [-0.05, 0) is 39.2 Å². The number of carbonyl (C=O) groups excluding carboxylic acids is 1. The summed E-state index contributed by atoms with van der Waals surface area (Å²) in [5.41, 5.74) is 0.768. The Bertz CT molecular complexity index is 466. The summed E-state index contributed by atoms with van der Waals surface area (Å²) in [6.45, 7) is 3.65. The van der Waals surface area contributed by atoms with E-state index >= 15 is 0 Å².